The molecule has 5 nitrogen and oxygen atoms in total. The highest BCUT2D eigenvalue weighted by atomic mass is 79.9. The Morgan fingerprint density at radius 1 is 0.554 bits per heavy atom. The third kappa shape index (κ3) is 7.69. The third-order valence-electron chi connectivity index (χ3n) is 9.10. The smallest absolute Gasteiger partial charge is 0.197 e. The summed E-state index contributed by atoms with van der Waals surface area (Å²) < 4.78 is 17.6. The summed E-state index contributed by atoms with van der Waals surface area (Å²) in [7, 11) is 1.59. The number of fused-ring (bicyclic) bond motifs is 6. The third-order valence-corrected chi connectivity index (χ3v) is 14.0. The molecule has 282 valence electrons. The highest BCUT2D eigenvalue weighted by molar-refractivity contribution is 9.10. The maximum Gasteiger partial charge on any atom is 0.197 e. The van der Waals surface area contributed by atoms with Crippen molar-refractivity contribution in [2.24, 2.45) is 0 Å². The van der Waals surface area contributed by atoms with E-state index in [1.165, 1.54) is 16.9 Å². The zero-order chi connectivity index (χ0) is 39.5. The SMILES string of the molecule is CCCOc1ccc(Br)c2c(=O)c3ccccc3sc12.CCc1ccc(Cl)c2c(=O)c3ccccc3sc12.COc1ccc(Cl)c2c(=O)c3ccccc3sc12. The Morgan fingerprint density at radius 2 is 1.00 bits per heavy atom. The number of methoxy groups -OCH3 is 1. The molecule has 0 spiro atoms. The number of benzene rings is 6. The van der Waals surface area contributed by atoms with Crippen LogP contribution in [0.15, 0.2) is 128 Å². The molecule has 0 aliphatic rings. The molecule has 0 aliphatic heterocycles. The van der Waals surface area contributed by atoms with Crippen LogP contribution in [0.25, 0.3) is 60.5 Å². The minimum atomic E-state index is -0.0387. The van der Waals surface area contributed by atoms with Gasteiger partial charge in [-0.15, -0.1) is 34.0 Å². The minimum Gasteiger partial charge on any atom is -0.495 e. The van der Waals surface area contributed by atoms with Gasteiger partial charge >= 0.3 is 0 Å². The van der Waals surface area contributed by atoms with Crippen LogP contribution in [0.1, 0.15) is 25.8 Å². The molecule has 9 aromatic rings. The summed E-state index contributed by atoms with van der Waals surface area (Å²) in [5.74, 6) is 1.47. The van der Waals surface area contributed by atoms with Gasteiger partial charge in [-0.05, 0) is 101 Å². The van der Waals surface area contributed by atoms with E-state index in [4.69, 9.17) is 32.7 Å². The van der Waals surface area contributed by atoms with Crippen LogP contribution in [-0.4, -0.2) is 13.7 Å². The Labute approximate surface area is 352 Å². The largest absolute Gasteiger partial charge is 0.495 e. The molecule has 6 aromatic carbocycles. The number of halogens is 3. The summed E-state index contributed by atoms with van der Waals surface area (Å²) in [6, 6.07) is 34.1. The molecule has 0 radical (unpaired) electrons. The molecule has 9 rings (SSSR count). The predicted octanol–water partition coefficient (Wildman–Crippen LogP) is 13.7. The van der Waals surface area contributed by atoms with E-state index in [2.05, 4.69) is 29.8 Å². The number of ether oxygens (including phenoxy) is 2. The first-order valence-corrected chi connectivity index (χ1v) is 21.7. The summed E-state index contributed by atoms with van der Waals surface area (Å²) in [5.41, 5.74) is 1.24. The second-order valence-corrected chi connectivity index (χ2v) is 17.4. The van der Waals surface area contributed by atoms with E-state index >= 15 is 0 Å². The van der Waals surface area contributed by atoms with Crippen LogP contribution in [0.2, 0.25) is 10.0 Å². The fraction of sp³-hybridized carbons (Fsp3) is 0.133. The Kier molecular flexibility index (Phi) is 12.4. The molecule has 0 bridgehead atoms. The Bertz CT molecular complexity index is 2980. The van der Waals surface area contributed by atoms with Crippen molar-refractivity contribution in [3.63, 3.8) is 0 Å². The highest BCUT2D eigenvalue weighted by Crippen LogP contribution is 2.37. The van der Waals surface area contributed by atoms with Gasteiger partial charge in [0.25, 0.3) is 0 Å². The minimum absolute atomic E-state index is 0.0387. The first-order chi connectivity index (χ1) is 27.2. The maximum absolute atomic E-state index is 12.7. The van der Waals surface area contributed by atoms with Crippen LogP contribution in [-0.2, 0) is 6.42 Å². The average Bonchev–Trinajstić information content (AvgIpc) is 3.21. The summed E-state index contributed by atoms with van der Waals surface area (Å²) in [6.07, 6.45) is 1.85. The second-order valence-electron chi connectivity index (χ2n) is 12.6. The van der Waals surface area contributed by atoms with Gasteiger partial charge in [-0.25, -0.2) is 0 Å². The van der Waals surface area contributed by atoms with Crippen molar-refractivity contribution in [1.82, 2.24) is 0 Å². The molecule has 0 saturated carbocycles. The summed E-state index contributed by atoms with van der Waals surface area (Å²) >= 11 is 20.6. The Morgan fingerprint density at radius 3 is 1.52 bits per heavy atom. The molecule has 0 atom stereocenters. The van der Waals surface area contributed by atoms with Crippen molar-refractivity contribution in [3.8, 4) is 11.5 Å². The number of aryl methyl sites for hydroxylation is 1. The van der Waals surface area contributed by atoms with E-state index in [1.54, 1.807) is 41.9 Å². The first-order valence-electron chi connectivity index (χ1n) is 17.7. The van der Waals surface area contributed by atoms with Gasteiger partial charge in [0.15, 0.2) is 16.3 Å². The van der Waals surface area contributed by atoms with E-state index in [9.17, 15) is 14.4 Å². The van der Waals surface area contributed by atoms with Crippen molar-refractivity contribution < 1.29 is 9.47 Å². The number of hydrogen-bond acceptors (Lipinski definition) is 8. The quantitative estimate of drug-likeness (QED) is 0.161. The molecular formula is C45H33BrCl2O5S3. The van der Waals surface area contributed by atoms with Crippen LogP contribution < -0.4 is 25.8 Å². The molecule has 0 aliphatic carbocycles. The number of rotatable bonds is 5. The molecule has 0 saturated heterocycles. The Hall–Kier alpha value is -4.35. The lowest BCUT2D eigenvalue weighted by molar-refractivity contribution is 0.321. The van der Waals surface area contributed by atoms with E-state index in [0.717, 1.165) is 62.0 Å². The van der Waals surface area contributed by atoms with Gasteiger partial charge in [0.05, 0.1) is 49.3 Å². The Balaban J connectivity index is 0.000000129. The molecule has 0 amide bonds. The molecule has 56 heavy (non-hydrogen) atoms. The lowest BCUT2D eigenvalue weighted by atomic mass is 10.1. The fourth-order valence-electron chi connectivity index (χ4n) is 6.36. The molecule has 11 heteroatoms. The fourth-order valence-corrected chi connectivity index (χ4v) is 11.3. The van der Waals surface area contributed by atoms with Gasteiger partial charge in [0, 0.05) is 39.4 Å². The van der Waals surface area contributed by atoms with Gasteiger partial charge < -0.3 is 9.47 Å². The van der Waals surface area contributed by atoms with E-state index < -0.39 is 0 Å². The van der Waals surface area contributed by atoms with Crippen LogP contribution in [0.5, 0.6) is 11.5 Å². The number of hydrogen-bond donors (Lipinski definition) is 0. The van der Waals surface area contributed by atoms with Crippen molar-refractivity contribution >= 4 is 134 Å². The van der Waals surface area contributed by atoms with Gasteiger partial charge in [-0.2, -0.15) is 0 Å². The van der Waals surface area contributed by atoms with Gasteiger partial charge in [0.1, 0.15) is 11.5 Å². The summed E-state index contributed by atoms with van der Waals surface area (Å²) in [6.45, 7) is 4.82. The molecule has 0 fully saturated rings. The second kappa shape index (κ2) is 17.4. The average molecular weight is 901 g/mol. The van der Waals surface area contributed by atoms with E-state index in [0.29, 0.717) is 43.9 Å². The highest BCUT2D eigenvalue weighted by Gasteiger charge is 2.15. The van der Waals surface area contributed by atoms with Crippen molar-refractivity contribution in [2.75, 3.05) is 13.7 Å². The van der Waals surface area contributed by atoms with E-state index in [-0.39, 0.29) is 16.3 Å². The topological polar surface area (TPSA) is 69.7 Å². The lowest BCUT2D eigenvalue weighted by Crippen LogP contribution is -2.03. The van der Waals surface area contributed by atoms with Gasteiger partial charge in [-0.3, -0.25) is 14.4 Å². The zero-order valence-electron chi connectivity index (χ0n) is 30.4. The molecule has 0 N–H and O–H groups in total. The van der Waals surface area contributed by atoms with Gasteiger partial charge in [0.2, 0.25) is 0 Å². The van der Waals surface area contributed by atoms with Crippen molar-refractivity contribution in [1.29, 1.82) is 0 Å². The standard InChI is InChI=1S/C16H13BrO2S.C15H11ClOS.C14H9ClO2S/c1-2-9-19-12-8-7-11(17)14-15(18)10-5-3-4-6-13(10)20-16(12)14;1-2-9-7-8-11(16)13-14(17)10-5-3-4-6-12(10)18-15(9)13;1-17-10-7-6-9(15)12-13(16)8-4-2-3-5-11(8)18-14(10)12/h3-8H,2,9H2,1H3;3-8H,2H2,1H3;2-7H,1H3. The van der Waals surface area contributed by atoms with E-state index in [1.807, 2.05) is 97.1 Å². The van der Waals surface area contributed by atoms with Gasteiger partial charge in [-0.1, -0.05) is 79.5 Å². The van der Waals surface area contributed by atoms with Crippen LogP contribution in [0, 0.1) is 0 Å². The van der Waals surface area contributed by atoms with Crippen molar-refractivity contribution in [3.05, 3.63) is 160 Å². The summed E-state index contributed by atoms with van der Waals surface area (Å²) in [4.78, 5) is 37.6. The molecular weight excluding hydrogens is 868 g/mol. The lowest BCUT2D eigenvalue weighted by Gasteiger charge is -2.09. The van der Waals surface area contributed by atoms with Crippen LogP contribution in [0.3, 0.4) is 0 Å². The predicted molar refractivity (Wildman–Crippen MR) is 246 cm³/mol. The summed E-state index contributed by atoms with van der Waals surface area (Å²) in [5, 5.41) is 5.15. The van der Waals surface area contributed by atoms with Crippen LogP contribution in [0.4, 0.5) is 0 Å². The van der Waals surface area contributed by atoms with Crippen molar-refractivity contribution in [2.45, 2.75) is 26.7 Å². The molecule has 3 heterocycles. The monoisotopic (exact) mass is 898 g/mol. The maximum atomic E-state index is 12.7. The first kappa shape index (κ1) is 39.9. The normalized spacial score (nSPS) is 11.1. The van der Waals surface area contributed by atoms with Crippen LogP contribution >= 0.6 is 73.1 Å². The zero-order valence-corrected chi connectivity index (χ0v) is 36.0. The molecule has 3 aromatic heterocycles. The molecule has 0 unspecified atom stereocenters.